The quantitative estimate of drug-likeness (QED) is 0.703. The summed E-state index contributed by atoms with van der Waals surface area (Å²) in [6, 6.07) is 11.1. The van der Waals surface area contributed by atoms with Crippen molar-refractivity contribution in [2.45, 2.75) is 50.2 Å². The van der Waals surface area contributed by atoms with E-state index in [2.05, 4.69) is 40.0 Å². The van der Waals surface area contributed by atoms with Crippen LogP contribution in [0.5, 0.6) is 0 Å². The zero-order valence-electron chi connectivity index (χ0n) is 17.4. The largest absolute Gasteiger partial charge is 0.469 e. The highest BCUT2D eigenvalue weighted by Gasteiger charge is 2.46. The summed E-state index contributed by atoms with van der Waals surface area (Å²) in [5.41, 5.74) is 7.42. The van der Waals surface area contributed by atoms with E-state index in [1.165, 1.54) is 38.4 Å². The first-order valence-corrected chi connectivity index (χ1v) is 10.5. The Kier molecular flexibility index (Phi) is 8.98. The SMILES string of the molecule is COC(=O)C[C@H](N)C(=O)N1C[C@@H]2C[C@H](C1)[C@@H]1CCC[C@H](c3ccccc3)N1C2.Cl.Cl. The number of nitrogens with zero attached hydrogens (tertiary/aromatic N) is 2. The van der Waals surface area contributed by atoms with Gasteiger partial charge >= 0.3 is 5.97 Å². The third-order valence-electron chi connectivity index (χ3n) is 6.81. The van der Waals surface area contributed by atoms with Crippen molar-refractivity contribution in [2.24, 2.45) is 17.6 Å². The Morgan fingerprint density at radius 1 is 1.13 bits per heavy atom. The molecule has 8 heteroatoms. The molecule has 1 aromatic carbocycles. The second kappa shape index (κ2) is 10.8. The Bertz CT molecular complexity index is 721. The lowest BCUT2D eigenvalue weighted by atomic mass is 9.73. The number of halogens is 2. The summed E-state index contributed by atoms with van der Waals surface area (Å²) in [6.45, 7) is 2.54. The Hall–Kier alpha value is -1.34. The zero-order chi connectivity index (χ0) is 19.7. The van der Waals surface area contributed by atoms with Crippen LogP contribution < -0.4 is 5.73 Å². The molecule has 2 N–H and O–H groups in total. The van der Waals surface area contributed by atoms with Gasteiger partial charge in [0.05, 0.1) is 19.6 Å². The van der Waals surface area contributed by atoms with Crippen LogP contribution in [0, 0.1) is 11.8 Å². The number of amides is 1. The molecule has 6 nitrogen and oxygen atoms in total. The van der Waals surface area contributed by atoms with Gasteiger partial charge in [-0.1, -0.05) is 30.3 Å². The van der Waals surface area contributed by atoms with Crippen LogP contribution in [0.3, 0.4) is 0 Å². The number of nitrogens with two attached hydrogens (primary N) is 1. The minimum absolute atomic E-state index is 0. The molecule has 0 unspecified atom stereocenters. The highest BCUT2D eigenvalue weighted by Crippen LogP contribution is 2.44. The van der Waals surface area contributed by atoms with Gasteiger partial charge in [0.2, 0.25) is 5.91 Å². The highest BCUT2D eigenvalue weighted by atomic mass is 35.5. The van der Waals surface area contributed by atoms with Crippen LogP contribution in [0.4, 0.5) is 0 Å². The molecule has 1 aromatic rings. The van der Waals surface area contributed by atoms with Gasteiger partial charge in [-0.2, -0.15) is 0 Å². The van der Waals surface area contributed by atoms with Crippen molar-refractivity contribution in [1.29, 1.82) is 0 Å². The number of likely N-dealkylation sites (tertiary alicyclic amines) is 1. The number of fused-ring (bicyclic) bond motifs is 4. The van der Waals surface area contributed by atoms with E-state index < -0.39 is 12.0 Å². The molecule has 3 saturated heterocycles. The molecule has 3 fully saturated rings. The maximum Gasteiger partial charge on any atom is 0.307 e. The van der Waals surface area contributed by atoms with Gasteiger partial charge in [0.1, 0.15) is 0 Å². The number of carbonyl (C=O) groups excluding carboxylic acids is 2. The standard InChI is InChI=1S/C22H31N3O3.2ClH/c1-28-21(26)11-18(23)22(27)24-12-15-10-17(14-24)20-9-5-8-19(25(20)13-15)16-6-3-2-4-7-16;;/h2-4,6-7,15,17-20H,5,8-14,23H2,1H3;2*1H/t15-,17+,18-,19+,20-;;/m0../s1. The fourth-order valence-corrected chi connectivity index (χ4v) is 5.61. The number of methoxy groups -OCH3 is 1. The van der Waals surface area contributed by atoms with Crippen LogP contribution in [-0.2, 0) is 14.3 Å². The van der Waals surface area contributed by atoms with Crippen molar-refractivity contribution in [1.82, 2.24) is 9.80 Å². The molecule has 5 atom stereocenters. The summed E-state index contributed by atoms with van der Waals surface area (Å²) in [6.07, 6.45) is 4.80. The molecule has 168 valence electrons. The van der Waals surface area contributed by atoms with E-state index in [0.29, 0.717) is 23.9 Å². The third-order valence-corrected chi connectivity index (χ3v) is 6.81. The molecule has 4 rings (SSSR count). The number of rotatable bonds is 4. The van der Waals surface area contributed by atoms with Gasteiger partial charge in [0.15, 0.2) is 0 Å². The topological polar surface area (TPSA) is 75.9 Å². The van der Waals surface area contributed by atoms with E-state index in [1.54, 1.807) is 0 Å². The summed E-state index contributed by atoms with van der Waals surface area (Å²) >= 11 is 0. The van der Waals surface area contributed by atoms with Crippen molar-refractivity contribution in [3.8, 4) is 0 Å². The summed E-state index contributed by atoms with van der Waals surface area (Å²) < 4.78 is 4.66. The molecule has 3 aliphatic heterocycles. The van der Waals surface area contributed by atoms with Crippen molar-refractivity contribution >= 4 is 36.7 Å². The molecule has 0 spiro atoms. The molecule has 1 amide bonds. The van der Waals surface area contributed by atoms with E-state index in [0.717, 1.165) is 19.6 Å². The molecule has 3 aliphatic rings. The minimum Gasteiger partial charge on any atom is -0.469 e. The number of hydrogen-bond donors (Lipinski definition) is 1. The fourth-order valence-electron chi connectivity index (χ4n) is 5.61. The summed E-state index contributed by atoms with van der Waals surface area (Å²) in [5.74, 6) is 0.438. The van der Waals surface area contributed by atoms with Crippen molar-refractivity contribution < 1.29 is 14.3 Å². The van der Waals surface area contributed by atoms with E-state index >= 15 is 0 Å². The number of hydrogen-bond acceptors (Lipinski definition) is 5. The molecular weight excluding hydrogens is 425 g/mol. The lowest BCUT2D eigenvalue weighted by Gasteiger charge is -2.55. The van der Waals surface area contributed by atoms with E-state index in [9.17, 15) is 9.59 Å². The third kappa shape index (κ3) is 5.10. The lowest BCUT2D eigenvalue weighted by Crippen LogP contribution is -2.61. The molecule has 30 heavy (non-hydrogen) atoms. The van der Waals surface area contributed by atoms with Crippen molar-refractivity contribution in [3.63, 3.8) is 0 Å². The average Bonchev–Trinajstić information content (AvgIpc) is 2.73. The number of carbonyl (C=O) groups is 2. The van der Waals surface area contributed by atoms with Gasteiger partial charge in [-0.05, 0) is 43.1 Å². The van der Waals surface area contributed by atoms with Crippen LogP contribution in [0.25, 0.3) is 0 Å². The zero-order valence-corrected chi connectivity index (χ0v) is 19.1. The van der Waals surface area contributed by atoms with E-state index in [-0.39, 0.29) is 37.1 Å². The summed E-state index contributed by atoms with van der Waals surface area (Å²) in [4.78, 5) is 28.9. The number of benzene rings is 1. The van der Waals surface area contributed by atoms with Crippen LogP contribution in [0.15, 0.2) is 30.3 Å². The maximum atomic E-state index is 12.8. The fraction of sp³-hybridized carbons (Fsp3) is 0.636. The van der Waals surface area contributed by atoms with Gasteiger partial charge < -0.3 is 15.4 Å². The molecular formula is C22H33Cl2N3O3. The normalized spacial score (nSPS) is 28.9. The Morgan fingerprint density at radius 3 is 2.57 bits per heavy atom. The van der Waals surface area contributed by atoms with Crippen molar-refractivity contribution in [2.75, 3.05) is 26.7 Å². The first kappa shape index (κ1) is 24.9. The van der Waals surface area contributed by atoms with E-state index in [1.807, 2.05) is 4.90 Å². The second-order valence-corrected chi connectivity index (χ2v) is 8.61. The minimum atomic E-state index is -0.800. The van der Waals surface area contributed by atoms with Crippen LogP contribution in [0.2, 0.25) is 0 Å². The van der Waals surface area contributed by atoms with Gasteiger partial charge in [-0.15, -0.1) is 24.8 Å². The molecule has 0 aromatic heterocycles. The molecule has 0 aliphatic carbocycles. The van der Waals surface area contributed by atoms with Crippen LogP contribution in [-0.4, -0.2) is 60.5 Å². The number of ether oxygens (including phenoxy) is 1. The predicted octanol–water partition coefficient (Wildman–Crippen LogP) is 2.79. The first-order valence-electron chi connectivity index (χ1n) is 10.5. The van der Waals surface area contributed by atoms with Crippen LogP contribution in [0.1, 0.15) is 43.7 Å². The predicted molar refractivity (Wildman–Crippen MR) is 121 cm³/mol. The Balaban J connectivity index is 0.00000160. The van der Waals surface area contributed by atoms with E-state index in [4.69, 9.17) is 5.73 Å². The van der Waals surface area contributed by atoms with Gasteiger partial charge in [-0.25, -0.2) is 0 Å². The first-order chi connectivity index (χ1) is 13.6. The Labute approximate surface area is 191 Å². The van der Waals surface area contributed by atoms with Gasteiger partial charge in [-0.3, -0.25) is 14.5 Å². The van der Waals surface area contributed by atoms with Crippen LogP contribution >= 0.6 is 24.8 Å². The molecule has 2 bridgehead atoms. The number of piperidine rings is 3. The highest BCUT2D eigenvalue weighted by molar-refractivity contribution is 5.86. The maximum absolute atomic E-state index is 12.8. The van der Waals surface area contributed by atoms with Gasteiger partial charge in [0, 0.05) is 31.7 Å². The smallest absolute Gasteiger partial charge is 0.307 e. The van der Waals surface area contributed by atoms with Crippen molar-refractivity contribution in [3.05, 3.63) is 35.9 Å². The Morgan fingerprint density at radius 2 is 1.87 bits per heavy atom. The second-order valence-electron chi connectivity index (χ2n) is 8.61. The molecule has 3 heterocycles. The summed E-state index contributed by atoms with van der Waals surface area (Å²) in [5, 5.41) is 0. The average molecular weight is 458 g/mol. The summed E-state index contributed by atoms with van der Waals surface area (Å²) in [7, 11) is 1.33. The molecule has 0 saturated carbocycles. The lowest BCUT2D eigenvalue weighted by molar-refractivity contribution is -0.147. The van der Waals surface area contributed by atoms with Gasteiger partial charge in [0.25, 0.3) is 0 Å². The monoisotopic (exact) mass is 457 g/mol. The number of esters is 1. The molecule has 0 radical (unpaired) electrons.